The van der Waals surface area contributed by atoms with E-state index in [0.29, 0.717) is 0 Å². The summed E-state index contributed by atoms with van der Waals surface area (Å²) in [6.07, 6.45) is 3.46. The van der Waals surface area contributed by atoms with Gasteiger partial charge in [-0.05, 0) is 0 Å². The van der Waals surface area contributed by atoms with Crippen LogP contribution in [0.5, 0.6) is 0 Å². The van der Waals surface area contributed by atoms with Crippen LogP contribution in [0.25, 0.3) is 0 Å². The van der Waals surface area contributed by atoms with E-state index in [9.17, 15) is 39.0 Å². The number of hydrogen-bond acceptors (Lipinski definition) is 10. The van der Waals surface area contributed by atoms with E-state index in [-0.39, 0.29) is 27.7 Å². The Balaban J connectivity index is -0.000000118. The first kappa shape index (κ1) is 41.0. The van der Waals surface area contributed by atoms with Crippen molar-refractivity contribution >= 4 is 36.7 Å². The molecule has 0 aromatic carbocycles. The Morgan fingerprint density at radius 3 is 1.11 bits per heavy atom. The van der Waals surface area contributed by atoms with Gasteiger partial charge in [-0.1, -0.05) is 0 Å². The predicted octanol–water partition coefficient (Wildman–Crippen LogP) is -5.49. The molecule has 2 heterocycles. The van der Waals surface area contributed by atoms with Gasteiger partial charge in [-0.3, -0.25) is 9.59 Å². The number of H-pyrrole nitrogens is 2. The molecule has 18 nitrogen and oxygen atoms in total. The fourth-order valence-electron chi connectivity index (χ4n) is 1.22. The van der Waals surface area contributed by atoms with E-state index in [1.807, 2.05) is 0 Å². The van der Waals surface area contributed by atoms with Crippen molar-refractivity contribution in [1.29, 1.82) is 0 Å². The monoisotopic (exact) mass is 553 g/mol. The summed E-state index contributed by atoms with van der Waals surface area (Å²) < 4.78 is 0. The van der Waals surface area contributed by atoms with Gasteiger partial charge in [0.25, 0.3) is 0 Å². The number of nitrogens with one attached hydrogen (secondary N) is 2. The van der Waals surface area contributed by atoms with E-state index in [1.165, 1.54) is 9.80 Å². The normalized spacial score (nSPS) is 7.89. The van der Waals surface area contributed by atoms with Crippen LogP contribution < -0.4 is 10.2 Å². The molecule has 35 heavy (non-hydrogen) atoms. The average Bonchev–Trinajstić information content (AvgIpc) is 3.39. The van der Waals surface area contributed by atoms with Crippen molar-refractivity contribution in [2.45, 2.75) is 0 Å². The van der Waals surface area contributed by atoms with Crippen LogP contribution in [0.15, 0.2) is 12.7 Å². The second-order valence-corrected chi connectivity index (χ2v) is 5.58. The molecule has 0 unspecified atom stereocenters. The summed E-state index contributed by atoms with van der Waals surface area (Å²) in [5, 5.41) is 36.9. The zero-order valence-electron chi connectivity index (χ0n) is 18.7. The third-order valence-corrected chi connectivity index (χ3v) is 2.51. The molecule has 0 aliphatic heterocycles. The number of aromatic carboxylic acids is 4. The number of hydrogen-bond donors (Lipinski definition) is 4. The molecule has 199 valence electrons. The van der Waals surface area contributed by atoms with Crippen LogP contribution in [0.1, 0.15) is 42.0 Å². The molecule has 19 heteroatoms. The Morgan fingerprint density at radius 1 is 0.771 bits per heavy atom. The minimum absolute atomic E-state index is 0. The van der Waals surface area contributed by atoms with E-state index in [4.69, 9.17) is 10.2 Å². The first-order chi connectivity index (χ1) is 14.8. The number of carboxylic acids is 4. The molecular weight excluding hydrogens is 527 g/mol. The minimum atomic E-state index is -1.61. The van der Waals surface area contributed by atoms with Gasteiger partial charge >= 0.3 is 28.7 Å². The number of aromatic nitrogens is 4. The fourth-order valence-corrected chi connectivity index (χ4v) is 1.22. The van der Waals surface area contributed by atoms with Gasteiger partial charge in [0.15, 0.2) is 11.4 Å². The zero-order valence-corrected chi connectivity index (χ0v) is 19.8. The molecule has 0 atom stereocenters. The number of carboxylic acid groups (broad SMARTS) is 4. The first-order valence-corrected chi connectivity index (χ1v) is 7.99. The second kappa shape index (κ2) is 21.5. The Kier molecular flexibility index (Phi) is 25.2. The molecule has 0 fully saturated rings. The molecule has 0 saturated heterocycles. The van der Waals surface area contributed by atoms with Gasteiger partial charge in [0.2, 0.25) is 12.8 Å². The Morgan fingerprint density at radius 2 is 1.00 bits per heavy atom. The summed E-state index contributed by atoms with van der Waals surface area (Å²) in [5.41, 5.74) is -2.11. The topological polar surface area (TPSA) is 319 Å². The summed E-state index contributed by atoms with van der Waals surface area (Å²) in [7, 11) is 6.75. The van der Waals surface area contributed by atoms with Crippen LogP contribution in [0.3, 0.4) is 0 Å². The van der Waals surface area contributed by atoms with E-state index >= 15 is 0 Å². The van der Waals surface area contributed by atoms with Crippen LogP contribution in [-0.2, 0) is 37.3 Å². The van der Waals surface area contributed by atoms with Crippen molar-refractivity contribution in [3.63, 3.8) is 0 Å². The van der Waals surface area contributed by atoms with Crippen molar-refractivity contribution in [3.05, 3.63) is 35.4 Å². The van der Waals surface area contributed by atoms with Gasteiger partial charge in [-0.15, -0.1) is 0 Å². The fraction of sp³-hybridized carbons (Fsp3) is 0.250. The molecular formula is C16H26CoN6O12+2. The number of carbonyl (C=O) groups excluding carboxylic acids is 4. The molecule has 2 aromatic heterocycles. The van der Waals surface area contributed by atoms with Crippen molar-refractivity contribution in [1.82, 2.24) is 29.7 Å². The summed E-state index contributed by atoms with van der Waals surface area (Å²) in [6.45, 7) is 0. The maximum absolute atomic E-state index is 10.2. The minimum Gasteiger partial charge on any atom is -0.543 e. The molecule has 0 bridgehead atoms. The van der Waals surface area contributed by atoms with Gasteiger partial charge < -0.3 is 60.7 Å². The Hall–Kier alpha value is -4.33. The summed E-state index contributed by atoms with van der Waals surface area (Å²) in [5.74, 6) is -5.96. The summed E-state index contributed by atoms with van der Waals surface area (Å²) in [6, 6.07) is 0. The third kappa shape index (κ3) is 17.9. The van der Waals surface area contributed by atoms with Crippen LogP contribution in [-0.4, -0.2) is 105 Å². The molecule has 2 rings (SSSR count). The molecule has 0 spiro atoms. The molecule has 2 aromatic rings. The number of nitrogens with zero attached hydrogens (tertiary/aromatic N) is 4. The quantitative estimate of drug-likeness (QED) is 0.192. The third-order valence-electron chi connectivity index (χ3n) is 2.51. The van der Waals surface area contributed by atoms with Crippen molar-refractivity contribution < 1.29 is 76.9 Å². The SMILES string of the molecule is CN(C)C=O.CN(C)C=O.O=C([O-])c1nc[nH]c1C(=O)O.O=C([O-])c1nc[nH]c1C(=O)O.[Co+2].[OH3+].[OH3+]. The van der Waals surface area contributed by atoms with E-state index in [2.05, 4.69) is 19.9 Å². The molecule has 0 saturated carbocycles. The van der Waals surface area contributed by atoms with Crippen molar-refractivity contribution in [2.75, 3.05) is 28.2 Å². The molecule has 10 N–H and O–H groups in total. The molecule has 1 radical (unpaired) electrons. The van der Waals surface area contributed by atoms with E-state index in [0.717, 1.165) is 25.5 Å². The average molecular weight is 553 g/mol. The second-order valence-electron chi connectivity index (χ2n) is 5.58. The largest absolute Gasteiger partial charge is 2.00 e. The number of amides is 2. The first-order valence-electron chi connectivity index (χ1n) is 7.99. The van der Waals surface area contributed by atoms with Crippen LogP contribution in [0.2, 0.25) is 0 Å². The van der Waals surface area contributed by atoms with Crippen LogP contribution in [0, 0.1) is 0 Å². The van der Waals surface area contributed by atoms with Crippen LogP contribution >= 0.6 is 0 Å². The van der Waals surface area contributed by atoms with Gasteiger partial charge in [0.1, 0.15) is 11.4 Å². The Labute approximate surface area is 207 Å². The predicted molar refractivity (Wildman–Crippen MR) is 109 cm³/mol. The van der Waals surface area contributed by atoms with Crippen molar-refractivity contribution in [3.8, 4) is 0 Å². The smallest absolute Gasteiger partial charge is 0.543 e. The Bertz CT molecular complexity index is 797. The number of carbonyl (C=O) groups is 6. The van der Waals surface area contributed by atoms with Gasteiger partial charge in [0.05, 0.1) is 24.6 Å². The summed E-state index contributed by atoms with van der Waals surface area (Å²) >= 11 is 0. The number of aromatic amines is 2. The maximum atomic E-state index is 10.2. The number of imidazole rings is 2. The summed E-state index contributed by atoms with van der Waals surface area (Å²) in [4.78, 5) is 73.2. The van der Waals surface area contributed by atoms with Gasteiger partial charge in [-0.2, -0.15) is 0 Å². The maximum Gasteiger partial charge on any atom is 2.00 e. The van der Waals surface area contributed by atoms with E-state index in [1.54, 1.807) is 28.2 Å². The van der Waals surface area contributed by atoms with Crippen LogP contribution in [0.4, 0.5) is 0 Å². The molecule has 0 aliphatic carbocycles. The zero-order chi connectivity index (χ0) is 25.4. The van der Waals surface area contributed by atoms with Gasteiger partial charge in [-0.25, -0.2) is 19.6 Å². The standard InChI is InChI=1S/2C5H4N2O4.2C3H7NO.Co.2H2O/c2*8-4(9)2-3(5(10)11)7-1-6-2;2*1-4(2)3-5;;;/h2*1H,(H,6,7)(H,8,9)(H,10,11);2*3H,1-2H3;;2*1H2/q;;;;+2;;. The molecule has 0 aliphatic rings. The van der Waals surface area contributed by atoms with Crippen molar-refractivity contribution in [2.24, 2.45) is 0 Å². The van der Waals surface area contributed by atoms with E-state index < -0.39 is 46.7 Å². The molecule has 2 amide bonds. The van der Waals surface area contributed by atoms with Gasteiger partial charge in [0, 0.05) is 28.2 Å². The number of rotatable bonds is 6.